The van der Waals surface area contributed by atoms with Crippen LogP contribution in [0.4, 0.5) is 10.1 Å². The van der Waals surface area contributed by atoms with Crippen LogP contribution in [0, 0.1) is 5.82 Å². The van der Waals surface area contributed by atoms with Gasteiger partial charge < -0.3 is 14.5 Å². The standard InChI is InChI=1S/C28H20BrFN4O4S2/c29-19-5-10-24(38-17-26(35)32-21-8-6-20(30)7-9-21)18(13-19)14-25-27(36)34(16-22-3-1-11-37-22)28(40-25)33-31-15-23-4-2-12-39-23/h1-15H,16-17H2,(H,32,35)/b25-14-,31-15+,33-28-. The molecular weight excluding hydrogens is 619 g/mol. The van der Waals surface area contributed by atoms with Crippen molar-refractivity contribution in [1.82, 2.24) is 4.90 Å². The summed E-state index contributed by atoms with van der Waals surface area (Å²) >= 11 is 6.16. The van der Waals surface area contributed by atoms with Crippen LogP contribution in [-0.4, -0.2) is 34.7 Å². The number of hydrogen-bond acceptors (Lipinski definition) is 8. The molecule has 0 saturated carbocycles. The number of nitrogens with one attached hydrogen (secondary N) is 1. The van der Waals surface area contributed by atoms with Gasteiger partial charge in [0.15, 0.2) is 11.8 Å². The average molecular weight is 640 g/mol. The molecule has 202 valence electrons. The first-order valence-corrected chi connectivity index (χ1v) is 14.3. The van der Waals surface area contributed by atoms with Gasteiger partial charge in [0.2, 0.25) is 0 Å². The fourth-order valence-electron chi connectivity index (χ4n) is 3.56. The molecule has 1 fully saturated rings. The Hall–Kier alpha value is -4.00. The van der Waals surface area contributed by atoms with E-state index in [2.05, 4.69) is 31.4 Å². The van der Waals surface area contributed by atoms with Gasteiger partial charge in [0.25, 0.3) is 11.8 Å². The normalized spacial score (nSPS) is 15.4. The lowest BCUT2D eigenvalue weighted by Gasteiger charge is -2.13. The van der Waals surface area contributed by atoms with Crippen molar-refractivity contribution < 1.29 is 23.1 Å². The highest BCUT2D eigenvalue weighted by Gasteiger charge is 2.34. The third kappa shape index (κ3) is 7.14. The van der Waals surface area contributed by atoms with Crippen molar-refractivity contribution in [2.75, 3.05) is 11.9 Å². The third-order valence-electron chi connectivity index (χ3n) is 5.40. The van der Waals surface area contributed by atoms with E-state index in [9.17, 15) is 14.0 Å². The zero-order valence-electron chi connectivity index (χ0n) is 20.6. The number of amides is 2. The number of carbonyl (C=O) groups is 2. The highest BCUT2D eigenvalue weighted by molar-refractivity contribution is 9.10. The van der Waals surface area contributed by atoms with E-state index in [1.807, 2.05) is 17.5 Å². The van der Waals surface area contributed by atoms with Crippen LogP contribution in [0.1, 0.15) is 16.2 Å². The highest BCUT2D eigenvalue weighted by Crippen LogP contribution is 2.36. The average Bonchev–Trinajstić information content (AvgIpc) is 3.70. The Kier molecular flexibility index (Phi) is 8.89. The van der Waals surface area contributed by atoms with Crippen LogP contribution in [0.2, 0.25) is 0 Å². The predicted octanol–water partition coefficient (Wildman–Crippen LogP) is 6.77. The molecule has 0 aliphatic carbocycles. The third-order valence-corrected chi connectivity index (χ3v) is 7.70. The van der Waals surface area contributed by atoms with Crippen LogP contribution in [0.25, 0.3) is 6.08 Å². The van der Waals surface area contributed by atoms with Crippen molar-refractivity contribution in [2.24, 2.45) is 10.2 Å². The fraction of sp³-hybridized carbons (Fsp3) is 0.0714. The van der Waals surface area contributed by atoms with Gasteiger partial charge in [0, 0.05) is 20.6 Å². The molecule has 1 aliphatic rings. The molecule has 0 spiro atoms. The monoisotopic (exact) mass is 638 g/mol. The molecule has 2 amide bonds. The number of halogens is 2. The van der Waals surface area contributed by atoms with Gasteiger partial charge in [-0.1, -0.05) is 22.0 Å². The molecular formula is C28H20BrFN4O4S2. The summed E-state index contributed by atoms with van der Waals surface area (Å²) in [7, 11) is 0. The maximum atomic E-state index is 13.4. The van der Waals surface area contributed by atoms with Gasteiger partial charge in [-0.25, -0.2) is 4.39 Å². The summed E-state index contributed by atoms with van der Waals surface area (Å²) < 4.78 is 25.1. The largest absolute Gasteiger partial charge is 0.483 e. The predicted molar refractivity (Wildman–Crippen MR) is 159 cm³/mol. The molecule has 1 N–H and O–H groups in total. The van der Waals surface area contributed by atoms with Crippen molar-refractivity contribution in [2.45, 2.75) is 6.54 Å². The first kappa shape index (κ1) is 27.6. The molecule has 4 aromatic rings. The lowest BCUT2D eigenvalue weighted by atomic mass is 10.2. The Balaban J connectivity index is 1.35. The van der Waals surface area contributed by atoms with E-state index >= 15 is 0 Å². The quantitative estimate of drug-likeness (QED) is 0.124. The molecule has 0 radical (unpaired) electrons. The van der Waals surface area contributed by atoms with E-state index in [1.54, 1.807) is 48.9 Å². The van der Waals surface area contributed by atoms with Crippen molar-refractivity contribution in [3.8, 4) is 5.75 Å². The number of ether oxygens (including phenoxy) is 1. The zero-order chi connectivity index (χ0) is 27.9. The van der Waals surface area contributed by atoms with E-state index in [0.717, 1.165) is 9.35 Å². The number of anilines is 1. The lowest BCUT2D eigenvalue weighted by Crippen LogP contribution is -2.28. The number of benzene rings is 2. The van der Waals surface area contributed by atoms with E-state index in [4.69, 9.17) is 9.15 Å². The van der Waals surface area contributed by atoms with Crippen molar-refractivity contribution in [1.29, 1.82) is 0 Å². The minimum Gasteiger partial charge on any atom is -0.483 e. The van der Waals surface area contributed by atoms with E-state index in [1.165, 1.54) is 52.3 Å². The van der Waals surface area contributed by atoms with Crippen LogP contribution in [0.5, 0.6) is 5.75 Å². The second kappa shape index (κ2) is 12.9. The number of amidine groups is 1. The summed E-state index contributed by atoms with van der Waals surface area (Å²) in [4.78, 5) is 28.7. The number of furan rings is 1. The molecule has 1 saturated heterocycles. The Morgan fingerprint density at radius 3 is 2.75 bits per heavy atom. The SMILES string of the molecule is O=C(COc1ccc(Br)cc1/C=C1\S/C(=N\N=C\c2cccs2)N(Cc2ccco2)C1=O)Nc1ccc(F)cc1. The summed E-state index contributed by atoms with van der Waals surface area (Å²) in [5, 5.41) is 13.5. The maximum Gasteiger partial charge on any atom is 0.267 e. The number of thioether (sulfide) groups is 1. The van der Waals surface area contributed by atoms with Gasteiger partial charge >= 0.3 is 0 Å². The number of carbonyl (C=O) groups excluding carboxylic acids is 2. The summed E-state index contributed by atoms with van der Waals surface area (Å²) in [5.74, 6) is -0.0827. The maximum absolute atomic E-state index is 13.4. The van der Waals surface area contributed by atoms with Crippen molar-refractivity contribution in [3.63, 3.8) is 0 Å². The number of rotatable bonds is 9. The summed E-state index contributed by atoms with van der Waals surface area (Å²) in [5.41, 5.74) is 1.03. The van der Waals surface area contributed by atoms with Gasteiger partial charge in [-0.05, 0) is 83.9 Å². The van der Waals surface area contributed by atoms with Gasteiger partial charge in [-0.3, -0.25) is 14.5 Å². The van der Waals surface area contributed by atoms with E-state index in [-0.39, 0.29) is 19.1 Å². The molecule has 5 rings (SSSR count). The Bertz CT molecular complexity index is 1590. The molecule has 0 unspecified atom stereocenters. The Labute approximate surface area is 245 Å². The Morgan fingerprint density at radius 1 is 1.15 bits per heavy atom. The van der Waals surface area contributed by atoms with Crippen LogP contribution in [-0.2, 0) is 16.1 Å². The molecule has 12 heteroatoms. The van der Waals surface area contributed by atoms with Crippen LogP contribution in [0.3, 0.4) is 0 Å². The molecule has 40 heavy (non-hydrogen) atoms. The van der Waals surface area contributed by atoms with Gasteiger partial charge in [0.05, 0.1) is 23.9 Å². The summed E-state index contributed by atoms with van der Waals surface area (Å²) in [6.07, 6.45) is 4.86. The zero-order valence-corrected chi connectivity index (χ0v) is 23.8. The molecule has 0 atom stereocenters. The summed E-state index contributed by atoms with van der Waals surface area (Å²) in [6, 6.07) is 18.1. The minimum absolute atomic E-state index is 0.189. The second-order valence-electron chi connectivity index (χ2n) is 8.25. The van der Waals surface area contributed by atoms with Gasteiger partial charge in [0.1, 0.15) is 17.3 Å². The molecule has 3 heterocycles. The second-order valence-corrected chi connectivity index (χ2v) is 11.2. The molecule has 0 bridgehead atoms. The molecule has 1 aliphatic heterocycles. The van der Waals surface area contributed by atoms with Gasteiger partial charge in [-0.2, -0.15) is 5.10 Å². The van der Waals surface area contributed by atoms with Crippen LogP contribution in [0.15, 0.2) is 102 Å². The number of thiophene rings is 1. The molecule has 2 aromatic carbocycles. The smallest absolute Gasteiger partial charge is 0.267 e. The van der Waals surface area contributed by atoms with Crippen molar-refractivity contribution >= 4 is 74.0 Å². The van der Waals surface area contributed by atoms with Gasteiger partial charge in [-0.15, -0.1) is 16.4 Å². The highest BCUT2D eigenvalue weighted by atomic mass is 79.9. The van der Waals surface area contributed by atoms with Crippen LogP contribution >= 0.6 is 39.0 Å². The first-order valence-electron chi connectivity index (χ1n) is 11.8. The molecule has 8 nitrogen and oxygen atoms in total. The number of nitrogens with zero attached hydrogens (tertiary/aromatic N) is 3. The first-order chi connectivity index (χ1) is 19.4. The summed E-state index contributed by atoms with van der Waals surface area (Å²) in [6.45, 7) is -0.0973. The molecule has 2 aromatic heterocycles. The Morgan fingerprint density at radius 2 is 2.00 bits per heavy atom. The van der Waals surface area contributed by atoms with Crippen molar-refractivity contribution in [3.05, 3.63) is 110 Å². The van der Waals surface area contributed by atoms with Crippen LogP contribution < -0.4 is 10.1 Å². The topological polar surface area (TPSA) is 96.5 Å². The lowest BCUT2D eigenvalue weighted by molar-refractivity contribution is -0.122. The minimum atomic E-state index is -0.415. The fourth-order valence-corrected chi connectivity index (χ4v) is 5.44. The number of hydrogen-bond donors (Lipinski definition) is 1. The van der Waals surface area contributed by atoms with E-state index < -0.39 is 11.7 Å². The van der Waals surface area contributed by atoms with E-state index in [0.29, 0.717) is 32.8 Å².